The van der Waals surface area contributed by atoms with Crippen molar-refractivity contribution >= 4 is 0 Å². The summed E-state index contributed by atoms with van der Waals surface area (Å²) in [5.74, 6) is 0. The summed E-state index contributed by atoms with van der Waals surface area (Å²) in [4.78, 5) is 0. The van der Waals surface area contributed by atoms with Crippen LogP contribution in [0.2, 0.25) is 0 Å². The smallest absolute Gasteiger partial charge is 0.0704 e. The molecular formula is C7H14O2. The third-order valence-corrected chi connectivity index (χ3v) is 0.812. The van der Waals surface area contributed by atoms with Crippen molar-refractivity contribution in [2.45, 2.75) is 6.92 Å². The van der Waals surface area contributed by atoms with Gasteiger partial charge in [-0.2, -0.15) is 0 Å². The molecule has 0 spiro atoms. The van der Waals surface area contributed by atoms with E-state index in [0.717, 1.165) is 6.61 Å². The van der Waals surface area contributed by atoms with Gasteiger partial charge in [0, 0.05) is 6.61 Å². The second kappa shape index (κ2) is 7.66. The molecule has 2 heteroatoms. The molecular weight excluding hydrogens is 116 g/mol. The molecule has 0 amide bonds. The Hall–Kier alpha value is -0.340. The van der Waals surface area contributed by atoms with E-state index in [-0.39, 0.29) is 0 Å². The van der Waals surface area contributed by atoms with Gasteiger partial charge in [-0.3, -0.25) is 0 Å². The second-order valence-corrected chi connectivity index (χ2v) is 1.56. The molecule has 2 nitrogen and oxygen atoms in total. The summed E-state index contributed by atoms with van der Waals surface area (Å²) in [7, 11) is 0. The van der Waals surface area contributed by atoms with E-state index in [2.05, 4.69) is 6.58 Å². The van der Waals surface area contributed by atoms with E-state index in [9.17, 15) is 0 Å². The molecule has 0 aromatic heterocycles. The van der Waals surface area contributed by atoms with Crippen LogP contribution in [-0.4, -0.2) is 26.4 Å². The summed E-state index contributed by atoms with van der Waals surface area (Å²) < 4.78 is 10.1. The van der Waals surface area contributed by atoms with E-state index in [1.165, 1.54) is 0 Å². The van der Waals surface area contributed by atoms with Gasteiger partial charge in [-0.15, -0.1) is 6.58 Å². The van der Waals surface area contributed by atoms with Gasteiger partial charge in [-0.25, -0.2) is 0 Å². The van der Waals surface area contributed by atoms with Crippen molar-refractivity contribution in [1.29, 1.82) is 0 Å². The fourth-order valence-corrected chi connectivity index (χ4v) is 0.429. The zero-order chi connectivity index (χ0) is 6.95. The van der Waals surface area contributed by atoms with Crippen LogP contribution >= 0.6 is 0 Å². The maximum Gasteiger partial charge on any atom is 0.0704 e. The molecule has 0 fully saturated rings. The lowest BCUT2D eigenvalue weighted by atomic mass is 10.7. The van der Waals surface area contributed by atoms with Gasteiger partial charge in [0.15, 0.2) is 0 Å². The molecule has 54 valence electrons. The summed E-state index contributed by atoms with van der Waals surface area (Å²) in [5, 5.41) is 0. The first-order valence-corrected chi connectivity index (χ1v) is 3.18. The Bertz CT molecular complexity index is 61.9. The summed E-state index contributed by atoms with van der Waals surface area (Å²) in [6.45, 7) is 8.21. The number of rotatable bonds is 6. The van der Waals surface area contributed by atoms with Crippen LogP contribution in [0.3, 0.4) is 0 Å². The zero-order valence-corrected chi connectivity index (χ0v) is 5.93. The summed E-state index contributed by atoms with van der Waals surface area (Å²) in [5.41, 5.74) is 0. The Morgan fingerprint density at radius 3 is 2.56 bits per heavy atom. The SMILES string of the molecule is C=CCOCCOCC. The lowest BCUT2D eigenvalue weighted by Gasteiger charge is -1.99. The van der Waals surface area contributed by atoms with Crippen LogP contribution in [0.25, 0.3) is 0 Å². The van der Waals surface area contributed by atoms with E-state index >= 15 is 0 Å². The van der Waals surface area contributed by atoms with Gasteiger partial charge in [0.2, 0.25) is 0 Å². The summed E-state index contributed by atoms with van der Waals surface area (Å²) >= 11 is 0. The molecule has 0 aliphatic carbocycles. The van der Waals surface area contributed by atoms with Gasteiger partial charge >= 0.3 is 0 Å². The maximum absolute atomic E-state index is 5.04. The van der Waals surface area contributed by atoms with Crippen LogP contribution in [0.15, 0.2) is 12.7 Å². The van der Waals surface area contributed by atoms with Crippen molar-refractivity contribution in [3.05, 3.63) is 12.7 Å². The van der Waals surface area contributed by atoms with E-state index in [1.807, 2.05) is 6.92 Å². The Kier molecular flexibility index (Phi) is 7.37. The van der Waals surface area contributed by atoms with Crippen molar-refractivity contribution in [2.75, 3.05) is 26.4 Å². The Balaban J connectivity index is 2.66. The van der Waals surface area contributed by atoms with Crippen molar-refractivity contribution in [1.82, 2.24) is 0 Å². The molecule has 0 aliphatic rings. The van der Waals surface area contributed by atoms with Crippen LogP contribution in [0, 0.1) is 0 Å². The lowest BCUT2D eigenvalue weighted by Crippen LogP contribution is -2.03. The Morgan fingerprint density at radius 2 is 2.00 bits per heavy atom. The molecule has 0 atom stereocenters. The Labute approximate surface area is 56.5 Å². The largest absolute Gasteiger partial charge is 0.379 e. The third kappa shape index (κ3) is 7.66. The highest BCUT2D eigenvalue weighted by Crippen LogP contribution is 1.77. The van der Waals surface area contributed by atoms with Crippen molar-refractivity contribution < 1.29 is 9.47 Å². The molecule has 0 unspecified atom stereocenters. The minimum absolute atomic E-state index is 0.618. The first-order chi connectivity index (χ1) is 4.41. The molecule has 0 bridgehead atoms. The fourth-order valence-electron chi connectivity index (χ4n) is 0.429. The highest BCUT2D eigenvalue weighted by molar-refractivity contribution is 4.63. The fraction of sp³-hybridized carbons (Fsp3) is 0.714. The molecule has 0 radical (unpaired) electrons. The second-order valence-electron chi connectivity index (χ2n) is 1.56. The van der Waals surface area contributed by atoms with Crippen LogP contribution in [0.1, 0.15) is 6.92 Å². The maximum atomic E-state index is 5.04. The number of hydrogen-bond acceptors (Lipinski definition) is 2. The topological polar surface area (TPSA) is 18.5 Å². The summed E-state index contributed by atoms with van der Waals surface area (Å²) in [6.07, 6.45) is 1.73. The zero-order valence-electron chi connectivity index (χ0n) is 5.93. The van der Waals surface area contributed by atoms with Crippen LogP contribution in [0.4, 0.5) is 0 Å². The predicted molar refractivity (Wildman–Crippen MR) is 37.5 cm³/mol. The van der Waals surface area contributed by atoms with E-state index < -0.39 is 0 Å². The first kappa shape index (κ1) is 8.66. The first-order valence-electron chi connectivity index (χ1n) is 3.18. The van der Waals surface area contributed by atoms with Gasteiger partial charge in [0.1, 0.15) is 0 Å². The molecule has 0 rings (SSSR count). The van der Waals surface area contributed by atoms with Crippen LogP contribution < -0.4 is 0 Å². The third-order valence-electron chi connectivity index (χ3n) is 0.812. The quantitative estimate of drug-likeness (QED) is 0.397. The molecule has 0 aromatic rings. The number of hydrogen-bond donors (Lipinski definition) is 0. The highest BCUT2D eigenvalue weighted by Gasteiger charge is 1.82. The molecule has 0 N–H and O–H groups in total. The number of ether oxygens (including phenoxy) is 2. The van der Waals surface area contributed by atoms with Gasteiger partial charge in [-0.05, 0) is 6.92 Å². The van der Waals surface area contributed by atoms with Gasteiger partial charge in [0.25, 0.3) is 0 Å². The van der Waals surface area contributed by atoms with Gasteiger partial charge in [0.05, 0.1) is 19.8 Å². The molecule has 0 aliphatic heterocycles. The summed E-state index contributed by atoms with van der Waals surface area (Å²) in [6, 6.07) is 0. The normalized spacial score (nSPS) is 9.44. The van der Waals surface area contributed by atoms with Crippen LogP contribution in [0.5, 0.6) is 0 Å². The molecule has 9 heavy (non-hydrogen) atoms. The molecule has 0 heterocycles. The van der Waals surface area contributed by atoms with Gasteiger partial charge < -0.3 is 9.47 Å². The lowest BCUT2D eigenvalue weighted by molar-refractivity contribution is 0.0644. The van der Waals surface area contributed by atoms with E-state index in [4.69, 9.17) is 9.47 Å². The average Bonchev–Trinajstić information content (AvgIpc) is 1.89. The minimum Gasteiger partial charge on any atom is -0.379 e. The predicted octanol–water partition coefficient (Wildman–Crippen LogP) is 1.23. The van der Waals surface area contributed by atoms with Crippen molar-refractivity contribution in [2.24, 2.45) is 0 Å². The van der Waals surface area contributed by atoms with Crippen LogP contribution in [-0.2, 0) is 9.47 Å². The molecule has 0 saturated heterocycles. The highest BCUT2D eigenvalue weighted by atomic mass is 16.5. The van der Waals surface area contributed by atoms with Gasteiger partial charge in [-0.1, -0.05) is 6.08 Å². The van der Waals surface area contributed by atoms with Crippen molar-refractivity contribution in [3.63, 3.8) is 0 Å². The van der Waals surface area contributed by atoms with Crippen molar-refractivity contribution in [3.8, 4) is 0 Å². The monoisotopic (exact) mass is 130 g/mol. The Morgan fingerprint density at radius 1 is 1.33 bits per heavy atom. The molecule has 0 aromatic carbocycles. The van der Waals surface area contributed by atoms with E-state index in [0.29, 0.717) is 19.8 Å². The van der Waals surface area contributed by atoms with E-state index in [1.54, 1.807) is 6.08 Å². The minimum atomic E-state index is 0.618. The average molecular weight is 130 g/mol. The standard InChI is InChI=1S/C7H14O2/c1-3-5-9-7-6-8-4-2/h3H,1,4-7H2,2H3. The molecule has 0 saturated carbocycles.